The van der Waals surface area contributed by atoms with Crippen molar-refractivity contribution in [2.24, 2.45) is 0 Å². The zero-order valence-corrected chi connectivity index (χ0v) is 12.0. The maximum atomic E-state index is 11.7. The van der Waals surface area contributed by atoms with Crippen molar-refractivity contribution >= 4 is 28.8 Å². The molecular formula is C15H16N2O4. The number of fused-ring (bicyclic) bond motifs is 1. The van der Waals surface area contributed by atoms with E-state index in [1.165, 1.54) is 6.07 Å². The van der Waals surface area contributed by atoms with Gasteiger partial charge in [-0.05, 0) is 45.0 Å². The number of ether oxygens (including phenoxy) is 1. The quantitative estimate of drug-likeness (QED) is 0.885. The highest BCUT2D eigenvalue weighted by atomic mass is 16.6. The number of hydrogen-bond acceptors (Lipinski definition) is 4. The van der Waals surface area contributed by atoms with Crippen LogP contribution in [0.1, 0.15) is 31.1 Å². The van der Waals surface area contributed by atoms with E-state index in [9.17, 15) is 9.59 Å². The van der Waals surface area contributed by atoms with Gasteiger partial charge in [0.05, 0.1) is 11.1 Å². The van der Waals surface area contributed by atoms with Crippen molar-refractivity contribution in [2.75, 3.05) is 5.32 Å². The largest absolute Gasteiger partial charge is 0.478 e. The van der Waals surface area contributed by atoms with Crippen LogP contribution in [0.3, 0.4) is 0 Å². The smallest absolute Gasteiger partial charge is 0.413 e. The van der Waals surface area contributed by atoms with E-state index in [2.05, 4.69) is 10.3 Å². The molecule has 0 fully saturated rings. The number of anilines is 1. The number of carbonyl (C=O) groups excluding carboxylic acids is 1. The standard InChI is InChI=1S/C15H16N2O4/c1-15(2,3)21-14(20)17-12-8-7-9-10(13(18)19)5-4-6-11(9)16-12/h4-8H,1-3H3,(H,18,19)(H,16,17,20). The van der Waals surface area contributed by atoms with E-state index in [1.807, 2.05) is 0 Å². The molecular weight excluding hydrogens is 272 g/mol. The van der Waals surface area contributed by atoms with Gasteiger partial charge >= 0.3 is 12.1 Å². The molecule has 0 spiro atoms. The van der Waals surface area contributed by atoms with E-state index in [-0.39, 0.29) is 5.56 Å². The Labute approximate surface area is 121 Å². The Kier molecular flexibility index (Phi) is 3.80. The second-order valence-electron chi connectivity index (χ2n) is 5.50. The van der Waals surface area contributed by atoms with Crippen molar-refractivity contribution < 1.29 is 19.4 Å². The molecule has 2 aromatic rings. The number of nitrogens with one attached hydrogen (secondary N) is 1. The Balaban J connectivity index is 2.28. The van der Waals surface area contributed by atoms with Gasteiger partial charge in [-0.25, -0.2) is 14.6 Å². The lowest BCUT2D eigenvalue weighted by molar-refractivity contribution is 0.0633. The van der Waals surface area contributed by atoms with Crippen LogP contribution in [0.2, 0.25) is 0 Å². The van der Waals surface area contributed by atoms with E-state index >= 15 is 0 Å². The minimum atomic E-state index is -1.02. The zero-order valence-electron chi connectivity index (χ0n) is 12.0. The molecule has 21 heavy (non-hydrogen) atoms. The molecule has 0 aliphatic rings. The minimum Gasteiger partial charge on any atom is -0.478 e. The summed E-state index contributed by atoms with van der Waals surface area (Å²) < 4.78 is 5.13. The molecule has 1 heterocycles. The minimum absolute atomic E-state index is 0.170. The first kappa shape index (κ1) is 14.8. The predicted octanol–water partition coefficient (Wildman–Crippen LogP) is 3.28. The summed E-state index contributed by atoms with van der Waals surface area (Å²) in [5.41, 5.74) is 0.0597. The third-order valence-electron chi connectivity index (χ3n) is 2.59. The number of pyridine rings is 1. The van der Waals surface area contributed by atoms with Crippen LogP contribution in [0, 0.1) is 0 Å². The average Bonchev–Trinajstić information content (AvgIpc) is 2.35. The monoisotopic (exact) mass is 288 g/mol. The van der Waals surface area contributed by atoms with Crippen LogP contribution in [0.5, 0.6) is 0 Å². The van der Waals surface area contributed by atoms with Gasteiger partial charge in [-0.15, -0.1) is 0 Å². The van der Waals surface area contributed by atoms with Gasteiger partial charge in [0.1, 0.15) is 11.4 Å². The summed E-state index contributed by atoms with van der Waals surface area (Å²) in [6.07, 6.45) is -0.608. The third kappa shape index (κ3) is 3.68. The van der Waals surface area contributed by atoms with Crippen LogP contribution in [0.4, 0.5) is 10.6 Å². The molecule has 0 radical (unpaired) electrons. The van der Waals surface area contributed by atoms with Crippen molar-refractivity contribution in [3.8, 4) is 0 Å². The SMILES string of the molecule is CC(C)(C)OC(=O)Nc1ccc2c(C(=O)O)cccc2n1. The third-order valence-corrected chi connectivity index (χ3v) is 2.59. The Hall–Kier alpha value is -2.63. The van der Waals surface area contributed by atoms with Gasteiger partial charge in [-0.1, -0.05) is 6.07 Å². The van der Waals surface area contributed by atoms with Crippen molar-refractivity contribution in [1.82, 2.24) is 4.98 Å². The summed E-state index contributed by atoms with van der Waals surface area (Å²) in [4.78, 5) is 27.0. The number of aromatic nitrogens is 1. The Bertz CT molecular complexity index is 704. The van der Waals surface area contributed by atoms with Crippen molar-refractivity contribution in [1.29, 1.82) is 0 Å². The maximum absolute atomic E-state index is 11.7. The summed E-state index contributed by atoms with van der Waals surface area (Å²) in [7, 11) is 0. The first-order valence-corrected chi connectivity index (χ1v) is 6.39. The fraction of sp³-hybridized carbons (Fsp3) is 0.267. The molecule has 0 bridgehead atoms. The van der Waals surface area contributed by atoms with Crippen molar-refractivity contribution in [2.45, 2.75) is 26.4 Å². The summed E-state index contributed by atoms with van der Waals surface area (Å²) in [5.74, 6) is -0.713. The normalized spacial score (nSPS) is 11.2. The number of aromatic carboxylic acids is 1. The van der Waals surface area contributed by atoms with Crippen LogP contribution in [-0.4, -0.2) is 27.8 Å². The van der Waals surface area contributed by atoms with E-state index in [0.717, 1.165) is 0 Å². The lowest BCUT2D eigenvalue weighted by Crippen LogP contribution is -2.27. The van der Waals surface area contributed by atoms with Crippen molar-refractivity contribution in [3.63, 3.8) is 0 Å². The number of carboxylic acid groups (broad SMARTS) is 1. The molecule has 6 heteroatoms. The molecule has 0 aliphatic carbocycles. The number of carbonyl (C=O) groups is 2. The second kappa shape index (κ2) is 5.40. The molecule has 0 saturated heterocycles. The predicted molar refractivity (Wildman–Crippen MR) is 78.6 cm³/mol. The molecule has 0 saturated carbocycles. The van der Waals surface area contributed by atoms with Gasteiger partial charge in [0.2, 0.25) is 0 Å². The summed E-state index contributed by atoms with van der Waals surface area (Å²) in [5, 5.41) is 12.1. The van der Waals surface area contributed by atoms with E-state index in [1.54, 1.807) is 45.0 Å². The van der Waals surface area contributed by atoms with E-state index in [4.69, 9.17) is 9.84 Å². The molecule has 2 rings (SSSR count). The molecule has 6 nitrogen and oxygen atoms in total. The van der Waals surface area contributed by atoms with Crippen LogP contribution in [-0.2, 0) is 4.74 Å². The molecule has 2 N–H and O–H groups in total. The second-order valence-corrected chi connectivity index (χ2v) is 5.50. The number of nitrogens with zero attached hydrogens (tertiary/aromatic N) is 1. The molecule has 1 amide bonds. The van der Waals surface area contributed by atoms with Gasteiger partial charge < -0.3 is 9.84 Å². The van der Waals surface area contributed by atoms with Gasteiger partial charge in [0.25, 0.3) is 0 Å². The Morgan fingerprint density at radius 2 is 1.90 bits per heavy atom. The molecule has 1 aromatic carbocycles. The maximum Gasteiger partial charge on any atom is 0.413 e. The molecule has 1 aromatic heterocycles. The summed E-state index contributed by atoms with van der Waals surface area (Å²) in [6, 6.07) is 7.95. The van der Waals surface area contributed by atoms with Gasteiger partial charge in [0.15, 0.2) is 0 Å². The Morgan fingerprint density at radius 1 is 1.19 bits per heavy atom. The highest BCUT2D eigenvalue weighted by Gasteiger charge is 2.17. The van der Waals surface area contributed by atoms with E-state index in [0.29, 0.717) is 16.7 Å². The van der Waals surface area contributed by atoms with Crippen molar-refractivity contribution in [3.05, 3.63) is 35.9 Å². The summed E-state index contributed by atoms with van der Waals surface area (Å²) >= 11 is 0. The Morgan fingerprint density at radius 3 is 2.52 bits per heavy atom. The van der Waals surface area contributed by atoms with Gasteiger partial charge in [-0.2, -0.15) is 0 Å². The van der Waals surface area contributed by atoms with Gasteiger partial charge in [0, 0.05) is 5.39 Å². The highest BCUT2D eigenvalue weighted by molar-refractivity contribution is 6.03. The number of benzene rings is 1. The van der Waals surface area contributed by atoms with Gasteiger partial charge in [-0.3, -0.25) is 5.32 Å². The highest BCUT2D eigenvalue weighted by Crippen LogP contribution is 2.20. The number of hydrogen-bond donors (Lipinski definition) is 2. The summed E-state index contributed by atoms with van der Waals surface area (Å²) in [6.45, 7) is 5.29. The van der Waals surface area contributed by atoms with E-state index < -0.39 is 17.7 Å². The lowest BCUT2D eigenvalue weighted by atomic mass is 10.1. The van der Waals surface area contributed by atoms with Crippen LogP contribution in [0.25, 0.3) is 10.9 Å². The van der Waals surface area contributed by atoms with Crippen LogP contribution < -0.4 is 5.32 Å². The molecule has 0 unspecified atom stereocenters. The number of rotatable bonds is 2. The number of amides is 1. The average molecular weight is 288 g/mol. The zero-order chi connectivity index (χ0) is 15.6. The fourth-order valence-corrected chi connectivity index (χ4v) is 1.82. The molecule has 0 aliphatic heterocycles. The lowest BCUT2D eigenvalue weighted by Gasteiger charge is -2.19. The van der Waals surface area contributed by atoms with Crippen LogP contribution >= 0.6 is 0 Å². The van der Waals surface area contributed by atoms with Crippen LogP contribution in [0.15, 0.2) is 30.3 Å². The molecule has 0 atom stereocenters. The number of carboxylic acids is 1. The molecule has 110 valence electrons. The fourth-order valence-electron chi connectivity index (χ4n) is 1.82. The first-order valence-electron chi connectivity index (χ1n) is 6.39. The first-order chi connectivity index (χ1) is 9.76. The topological polar surface area (TPSA) is 88.5 Å².